The Morgan fingerprint density at radius 1 is 1.19 bits per heavy atom. The van der Waals surface area contributed by atoms with Gasteiger partial charge in [0.2, 0.25) is 0 Å². The molecule has 8 nitrogen and oxygen atoms in total. The number of benzene rings is 1. The normalized spacial score (nSPS) is 15.2. The zero-order chi connectivity index (χ0) is 19.7. The summed E-state index contributed by atoms with van der Waals surface area (Å²) in [4.78, 5) is 38.2. The first-order valence-corrected chi connectivity index (χ1v) is 8.65. The topological polar surface area (TPSA) is 116 Å². The molecular formula is C18H16N4O4S. The highest BCUT2D eigenvalue weighted by Gasteiger charge is 2.34. The third-order valence-corrected chi connectivity index (χ3v) is 5.01. The van der Waals surface area contributed by atoms with Crippen LogP contribution in [-0.4, -0.2) is 42.7 Å². The van der Waals surface area contributed by atoms with Crippen molar-refractivity contribution in [2.24, 2.45) is 10.8 Å². The summed E-state index contributed by atoms with van der Waals surface area (Å²) in [5, 5.41) is 15.0. The molecular weight excluding hydrogens is 368 g/mol. The Hall–Kier alpha value is -3.46. The molecule has 0 spiro atoms. The van der Waals surface area contributed by atoms with Crippen molar-refractivity contribution in [1.29, 1.82) is 0 Å². The Bertz CT molecular complexity index is 989. The van der Waals surface area contributed by atoms with Gasteiger partial charge in [-0.25, -0.2) is 4.79 Å². The van der Waals surface area contributed by atoms with E-state index in [-0.39, 0.29) is 16.8 Å². The van der Waals surface area contributed by atoms with Crippen molar-refractivity contribution >= 4 is 51.6 Å². The van der Waals surface area contributed by atoms with Crippen molar-refractivity contribution in [2.45, 2.75) is 0 Å². The Balaban J connectivity index is 1.97. The number of carboxylic acids is 1. The summed E-state index contributed by atoms with van der Waals surface area (Å²) in [5.74, 6) is -2.40. The van der Waals surface area contributed by atoms with E-state index < -0.39 is 17.8 Å². The molecule has 0 radical (unpaired) electrons. The largest absolute Gasteiger partial charge is 0.478 e. The van der Waals surface area contributed by atoms with Gasteiger partial charge in [0.05, 0.1) is 21.8 Å². The molecule has 0 saturated carbocycles. The van der Waals surface area contributed by atoms with E-state index in [1.54, 1.807) is 6.08 Å². The molecule has 0 bridgehead atoms. The van der Waals surface area contributed by atoms with E-state index in [4.69, 9.17) is 10.8 Å². The molecule has 0 fully saturated rings. The van der Waals surface area contributed by atoms with Crippen LogP contribution in [0.4, 0.5) is 10.7 Å². The maximum Gasteiger partial charge on any atom is 0.335 e. The molecule has 1 aromatic heterocycles. The zero-order valence-corrected chi connectivity index (χ0v) is 15.4. The van der Waals surface area contributed by atoms with Gasteiger partial charge in [-0.2, -0.15) is 10.1 Å². The Labute approximate surface area is 158 Å². The molecule has 27 heavy (non-hydrogen) atoms. The fourth-order valence-corrected chi connectivity index (χ4v) is 3.32. The van der Waals surface area contributed by atoms with Gasteiger partial charge in [-0.15, -0.1) is 11.3 Å². The van der Waals surface area contributed by atoms with Crippen LogP contribution in [0.3, 0.4) is 0 Å². The van der Waals surface area contributed by atoms with E-state index in [2.05, 4.69) is 5.10 Å². The van der Waals surface area contributed by atoms with Gasteiger partial charge in [-0.1, -0.05) is 0 Å². The molecule has 1 aliphatic heterocycles. The predicted molar refractivity (Wildman–Crippen MR) is 104 cm³/mol. The number of carboxylic acid groups (broad SMARTS) is 1. The Morgan fingerprint density at radius 3 is 2.37 bits per heavy atom. The average Bonchev–Trinajstić information content (AvgIpc) is 3.21. The second-order valence-corrected chi connectivity index (χ2v) is 7.00. The number of nitrogens with zero attached hydrogens (tertiary/aromatic N) is 3. The minimum atomic E-state index is -1.08. The second kappa shape index (κ2) is 7.04. The van der Waals surface area contributed by atoms with E-state index >= 15 is 0 Å². The van der Waals surface area contributed by atoms with Crippen molar-refractivity contribution in [1.82, 2.24) is 0 Å². The number of carbonyl (C=O) groups excluding carboxylic acids is 2. The molecule has 138 valence electrons. The molecule has 0 unspecified atom stereocenters. The first kappa shape index (κ1) is 18.3. The highest BCUT2D eigenvalue weighted by Crippen LogP contribution is 2.29. The van der Waals surface area contributed by atoms with Crippen molar-refractivity contribution < 1.29 is 19.5 Å². The number of nitrogens with two attached hydrogens (primary N) is 1. The van der Waals surface area contributed by atoms with Crippen molar-refractivity contribution in [2.75, 3.05) is 24.0 Å². The van der Waals surface area contributed by atoms with Gasteiger partial charge in [-0.05, 0) is 42.5 Å². The molecule has 0 saturated heterocycles. The Kier molecular flexibility index (Phi) is 4.78. The van der Waals surface area contributed by atoms with Crippen molar-refractivity contribution in [3.63, 3.8) is 0 Å². The molecule has 0 atom stereocenters. The molecule has 3 N–H and O–H groups in total. The second-order valence-electron chi connectivity index (χ2n) is 5.91. The van der Waals surface area contributed by atoms with Gasteiger partial charge >= 0.3 is 5.97 Å². The van der Waals surface area contributed by atoms with Gasteiger partial charge in [-0.3, -0.25) is 9.59 Å². The van der Waals surface area contributed by atoms with Crippen LogP contribution in [0.1, 0.15) is 15.2 Å². The molecule has 1 aliphatic rings. The highest BCUT2D eigenvalue weighted by atomic mass is 32.1. The lowest BCUT2D eigenvalue weighted by Gasteiger charge is -2.11. The maximum absolute atomic E-state index is 12.8. The summed E-state index contributed by atoms with van der Waals surface area (Å²) in [7, 11) is 3.81. The first-order chi connectivity index (χ1) is 12.8. The first-order valence-electron chi connectivity index (χ1n) is 7.83. The average molecular weight is 384 g/mol. The third kappa shape index (κ3) is 3.58. The van der Waals surface area contributed by atoms with E-state index in [1.807, 2.05) is 31.1 Å². The minimum absolute atomic E-state index is 0.0788. The molecule has 1 aromatic carbocycles. The molecule has 2 aromatic rings. The van der Waals surface area contributed by atoms with Crippen LogP contribution in [0.25, 0.3) is 6.08 Å². The van der Waals surface area contributed by atoms with Crippen molar-refractivity contribution in [3.05, 3.63) is 52.4 Å². The lowest BCUT2D eigenvalue weighted by molar-refractivity contribution is -0.115. The third-order valence-electron chi connectivity index (χ3n) is 3.81. The summed E-state index contributed by atoms with van der Waals surface area (Å²) >= 11 is 1.45. The summed E-state index contributed by atoms with van der Waals surface area (Å²) in [6.07, 6.45) is 1.58. The lowest BCUT2D eigenvalue weighted by atomic mass is 10.1. The van der Waals surface area contributed by atoms with Crippen LogP contribution in [0, 0.1) is 0 Å². The van der Waals surface area contributed by atoms with Gasteiger partial charge < -0.3 is 15.7 Å². The maximum atomic E-state index is 12.8. The summed E-state index contributed by atoms with van der Waals surface area (Å²) in [6.45, 7) is 0. The number of thiophene rings is 1. The number of anilines is 2. The smallest absolute Gasteiger partial charge is 0.335 e. The van der Waals surface area contributed by atoms with Gasteiger partial charge in [0.15, 0.2) is 5.71 Å². The molecule has 2 amide bonds. The number of carbonyl (C=O) groups is 3. The Morgan fingerprint density at radius 2 is 1.85 bits per heavy atom. The van der Waals surface area contributed by atoms with E-state index in [1.165, 1.54) is 35.6 Å². The molecule has 9 heteroatoms. The van der Waals surface area contributed by atoms with E-state index in [0.29, 0.717) is 5.69 Å². The van der Waals surface area contributed by atoms with Crippen LogP contribution < -0.4 is 15.6 Å². The minimum Gasteiger partial charge on any atom is -0.478 e. The van der Waals surface area contributed by atoms with E-state index in [0.717, 1.165) is 14.9 Å². The van der Waals surface area contributed by atoms with Crippen LogP contribution in [-0.2, 0) is 9.59 Å². The van der Waals surface area contributed by atoms with Gasteiger partial charge in [0.25, 0.3) is 11.8 Å². The lowest BCUT2D eigenvalue weighted by Crippen LogP contribution is -2.25. The summed E-state index contributed by atoms with van der Waals surface area (Å²) < 4.78 is 0. The fourth-order valence-electron chi connectivity index (χ4n) is 2.45. The molecule has 0 aliphatic carbocycles. The quantitative estimate of drug-likeness (QED) is 0.762. The molecule has 3 rings (SSSR count). The van der Waals surface area contributed by atoms with E-state index in [9.17, 15) is 14.4 Å². The van der Waals surface area contributed by atoms with Crippen molar-refractivity contribution in [3.8, 4) is 0 Å². The SMILES string of the molecule is CN(C)c1ccc(/C=C2/C(=O)N(c3ccc(C(=O)O)cc3)N=C2C(N)=O)s1. The number of hydrogen-bond donors (Lipinski definition) is 2. The zero-order valence-electron chi connectivity index (χ0n) is 14.5. The monoisotopic (exact) mass is 384 g/mol. The number of primary amides is 1. The fraction of sp³-hybridized carbons (Fsp3) is 0.111. The van der Waals surface area contributed by atoms with Gasteiger partial charge in [0.1, 0.15) is 0 Å². The van der Waals surface area contributed by atoms with Crippen LogP contribution in [0.15, 0.2) is 47.1 Å². The number of rotatable bonds is 5. The number of hydrogen-bond acceptors (Lipinski definition) is 6. The number of amides is 2. The van der Waals surface area contributed by atoms with Crippen LogP contribution >= 0.6 is 11.3 Å². The van der Waals surface area contributed by atoms with Crippen LogP contribution in [0.2, 0.25) is 0 Å². The van der Waals surface area contributed by atoms with Crippen LogP contribution in [0.5, 0.6) is 0 Å². The predicted octanol–water partition coefficient (Wildman–Crippen LogP) is 1.78. The summed E-state index contributed by atoms with van der Waals surface area (Å²) in [6, 6.07) is 9.34. The highest BCUT2D eigenvalue weighted by molar-refractivity contribution is 7.17. The number of aromatic carboxylic acids is 1. The summed E-state index contributed by atoms with van der Waals surface area (Å²) in [5.41, 5.74) is 5.77. The number of hydrazone groups is 1. The standard InChI is InChI=1S/C18H16N4O4S/c1-21(2)14-8-7-12(27-14)9-13-15(16(19)23)20-22(17(13)24)11-5-3-10(4-6-11)18(25)26/h3-9H,1-2H3,(H2,19,23)(H,25,26)/b13-9+. The molecule has 2 heterocycles. The van der Waals surface area contributed by atoms with Gasteiger partial charge in [0, 0.05) is 19.0 Å².